The number of hydrogen-bond donors (Lipinski definition) is 1. The van der Waals surface area contributed by atoms with Gasteiger partial charge in [-0.05, 0) is 41.5 Å². The summed E-state index contributed by atoms with van der Waals surface area (Å²) in [4.78, 5) is 6.51. The van der Waals surface area contributed by atoms with Crippen molar-refractivity contribution in [2.24, 2.45) is 5.73 Å². The van der Waals surface area contributed by atoms with E-state index in [0.717, 1.165) is 19.6 Å². The van der Waals surface area contributed by atoms with E-state index in [1.807, 2.05) is 11.3 Å². The molecule has 1 aliphatic rings. The standard InChI is InChI=1S/C14H24BrN3S/c1-3-17(4-2)12-5-6-18(9-12)13(8-16)14-7-11(15)10-19-14/h7,10,12-13H,3-6,8-9,16H2,1-2H3. The molecular formula is C14H24BrN3S. The number of thiophene rings is 1. The van der Waals surface area contributed by atoms with Crippen molar-refractivity contribution in [1.82, 2.24) is 9.80 Å². The molecule has 1 fully saturated rings. The Morgan fingerprint density at radius 3 is 2.79 bits per heavy atom. The van der Waals surface area contributed by atoms with Crippen molar-refractivity contribution in [2.45, 2.75) is 32.4 Å². The van der Waals surface area contributed by atoms with Crippen LogP contribution in [-0.2, 0) is 0 Å². The summed E-state index contributed by atoms with van der Waals surface area (Å²) < 4.78 is 1.17. The molecular weight excluding hydrogens is 322 g/mol. The Kier molecular flexibility index (Phi) is 5.84. The zero-order valence-electron chi connectivity index (χ0n) is 11.8. The van der Waals surface area contributed by atoms with E-state index in [9.17, 15) is 0 Å². The predicted molar refractivity (Wildman–Crippen MR) is 86.7 cm³/mol. The first-order valence-electron chi connectivity index (χ1n) is 7.11. The van der Waals surface area contributed by atoms with Crippen molar-refractivity contribution < 1.29 is 0 Å². The highest BCUT2D eigenvalue weighted by atomic mass is 79.9. The summed E-state index contributed by atoms with van der Waals surface area (Å²) in [5.74, 6) is 0. The summed E-state index contributed by atoms with van der Waals surface area (Å²) in [7, 11) is 0. The van der Waals surface area contributed by atoms with Gasteiger partial charge in [0.15, 0.2) is 0 Å². The van der Waals surface area contributed by atoms with Crippen molar-refractivity contribution in [2.75, 3.05) is 32.7 Å². The molecule has 2 N–H and O–H groups in total. The zero-order chi connectivity index (χ0) is 13.8. The number of likely N-dealkylation sites (tertiary alicyclic amines) is 1. The van der Waals surface area contributed by atoms with Crippen LogP contribution < -0.4 is 5.73 Å². The number of rotatable bonds is 6. The Morgan fingerprint density at radius 2 is 2.26 bits per heavy atom. The Hall–Kier alpha value is 0.0600. The van der Waals surface area contributed by atoms with E-state index in [-0.39, 0.29) is 0 Å². The molecule has 2 rings (SSSR count). The van der Waals surface area contributed by atoms with Crippen LogP contribution in [0.4, 0.5) is 0 Å². The lowest BCUT2D eigenvalue weighted by atomic mass is 10.2. The minimum absolute atomic E-state index is 0.386. The lowest BCUT2D eigenvalue weighted by Crippen LogP contribution is -2.39. The zero-order valence-corrected chi connectivity index (χ0v) is 14.2. The molecule has 1 aromatic rings. The van der Waals surface area contributed by atoms with Crippen molar-refractivity contribution in [3.63, 3.8) is 0 Å². The third-order valence-corrected chi connectivity index (χ3v) is 5.90. The maximum atomic E-state index is 6.02. The molecule has 0 aliphatic carbocycles. The molecule has 19 heavy (non-hydrogen) atoms. The summed E-state index contributed by atoms with van der Waals surface area (Å²) in [6.07, 6.45) is 1.27. The van der Waals surface area contributed by atoms with Crippen LogP contribution in [0.3, 0.4) is 0 Å². The van der Waals surface area contributed by atoms with Crippen molar-refractivity contribution in [3.05, 3.63) is 20.8 Å². The van der Waals surface area contributed by atoms with Crippen LogP contribution in [0.2, 0.25) is 0 Å². The highest BCUT2D eigenvalue weighted by molar-refractivity contribution is 9.10. The molecule has 0 saturated carbocycles. The number of hydrogen-bond acceptors (Lipinski definition) is 4. The molecule has 0 spiro atoms. The molecule has 1 aromatic heterocycles. The molecule has 0 bridgehead atoms. The van der Waals surface area contributed by atoms with Gasteiger partial charge in [0.1, 0.15) is 0 Å². The monoisotopic (exact) mass is 345 g/mol. The highest BCUT2D eigenvalue weighted by Crippen LogP contribution is 2.31. The molecule has 2 atom stereocenters. The van der Waals surface area contributed by atoms with Crippen LogP contribution in [0.25, 0.3) is 0 Å². The second-order valence-corrected chi connectivity index (χ2v) is 6.94. The first-order valence-corrected chi connectivity index (χ1v) is 8.78. The lowest BCUT2D eigenvalue weighted by Gasteiger charge is -2.29. The van der Waals surface area contributed by atoms with Crippen LogP contribution in [0.5, 0.6) is 0 Å². The molecule has 0 amide bonds. The highest BCUT2D eigenvalue weighted by Gasteiger charge is 2.31. The molecule has 1 aliphatic heterocycles. The van der Waals surface area contributed by atoms with Gasteiger partial charge in [-0.2, -0.15) is 0 Å². The van der Waals surface area contributed by atoms with Gasteiger partial charge in [0.25, 0.3) is 0 Å². The summed E-state index contributed by atoms with van der Waals surface area (Å²) in [6, 6.07) is 3.30. The fourth-order valence-corrected chi connectivity index (χ4v) is 4.63. The summed E-state index contributed by atoms with van der Waals surface area (Å²) in [6.45, 7) is 9.82. The summed E-state index contributed by atoms with van der Waals surface area (Å²) >= 11 is 5.35. The van der Waals surface area contributed by atoms with Gasteiger partial charge >= 0.3 is 0 Å². The Labute approximate surface area is 128 Å². The Balaban J connectivity index is 2.02. The molecule has 2 unspecified atom stereocenters. The van der Waals surface area contributed by atoms with E-state index < -0.39 is 0 Å². The molecule has 2 heterocycles. The minimum Gasteiger partial charge on any atom is -0.329 e. The lowest BCUT2D eigenvalue weighted by molar-refractivity contribution is 0.191. The predicted octanol–water partition coefficient (Wildman–Crippen LogP) is 2.93. The van der Waals surface area contributed by atoms with Crippen LogP contribution in [-0.4, -0.2) is 48.6 Å². The second-order valence-electron chi connectivity index (χ2n) is 5.08. The van der Waals surface area contributed by atoms with Crippen molar-refractivity contribution in [1.29, 1.82) is 0 Å². The molecule has 0 aromatic carbocycles. The summed E-state index contributed by atoms with van der Waals surface area (Å²) in [5, 5.41) is 2.15. The largest absolute Gasteiger partial charge is 0.329 e. The molecule has 5 heteroatoms. The Morgan fingerprint density at radius 1 is 1.53 bits per heavy atom. The fraction of sp³-hybridized carbons (Fsp3) is 0.714. The van der Waals surface area contributed by atoms with Gasteiger partial charge < -0.3 is 5.73 Å². The van der Waals surface area contributed by atoms with Crippen molar-refractivity contribution >= 4 is 27.3 Å². The second kappa shape index (κ2) is 7.18. The van der Waals surface area contributed by atoms with Gasteiger partial charge in [-0.1, -0.05) is 13.8 Å². The average molecular weight is 346 g/mol. The molecule has 0 radical (unpaired) electrons. The average Bonchev–Trinajstić information content (AvgIpc) is 3.03. The first kappa shape index (κ1) is 15.4. The van der Waals surface area contributed by atoms with Crippen LogP contribution >= 0.6 is 27.3 Å². The van der Waals surface area contributed by atoms with E-state index in [1.54, 1.807) is 0 Å². The number of nitrogens with zero attached hydrogens (tertiary/aromatic N) is 2. The minimum atomic E-state index is 0.386. The third kappa shape index (κ3) is 3.58. The van der Waals surface area contributed by atoms with E-state index in [2.05, 4.69) is 51.0 Å². The SMILES string of the molecule is CCN(CC)C1CCN(C(CN)c2cc(Br)cs2)C1. The number of likely N-dealkylation sites (N-methyl/N-ethyl adjacent to an activating group) is 1. The summed E-state index contributed by atoms with van der Waals surface area (Å²) in [5.41, 5.74) is 6.02. The third-order valence-electron chi connectivity index (χ3n) is 4.10. The number of halogens is 1. The van der Waals surface area contributed by atoms with Gasteiger partial charge in [-0.25, -0.2) is 0 Å². The van der Waals surface area contributed by atoms with E-state index in [1.165, 1.54) is 22.3 Å². The first-order chi connectivity index (χ1) is 9.19. The molecule has 108 valence electrons. The Bertz CT molecular complexity index is 392. The molecule has 3 nitrogen and oxygen atoms in total. The van der Waals surface area contributed by atoms with Crippen LogP contribution in [0, 0.1) is 0 Å². The van der Waals surface area contributed by atoms with Gasteiger partial charge in [0.05, 0.1) is 6.04 Å². The topological polar surface area (TPSA) is 32.5 Å². The van der Waals surface area contributed by atoms with E-state index in [4.69, 9.17) is 5.73 Å². The van der Waals surface area contributed by atoms with Crippen LogP contribution in [0.15, 0.2) is 15.9 Å². The van der Waals surface area contributed by atoms with Crippen LogP contribution in [0.1, 0.15) is 31.2 Å². The molecule has 1 saturated heterocycles. The van der Waals surface area contributed by atoms with Gasteiger partial charge in [0, 0.05) is 40.4 Å². The smallest absolute Gasteiger partial charge is 0.0565 e. The van der Waals surface area contributed by atoms with E-state index in [0.29, 0.717) is 18.6 Å². The van der Waals surface area contributed by atoms with Gasteiger partial charge in [0.2, 0.25) is 0 Å². The van der Waals surface area contributed by atoms with Gasteiger partial charge in [-0.15, -0.1) is 11.3 Å². The van der Waals surface area contributed by atoms with E-state index >= 15 is 0 Å². The maximum Gasteiger partial charge on any atom is 0.0565 e. The number of nitrogens with two attached hydrogens (primary N) is 1. The van der Waals surface area contributed by atoms with Gasteiger partial charge in [-0.3, -0.25) is 9.80 Å². The van der Waals surface area contributed by atoms with Crippen molar-refractivity contribution in [3.8, 4) is 0 Å². The quantitative estimate of drug-likeness (QED) is 0.860. The fourth-order valence-electron chi connectivity index (χ4n) is 3.04. The maximum absolute atomic E-state index is 6.02. The normalized spacial score (nSPS) is 22.3.